The molecule has 1 heterocycles. The Kier molecular flexibility index (Phi) is 5.11. The highest BCUT2D eigenvalue weighted by molar-refractivity contribution is 7.80. The highest BCUT2D eigenvalue weighted by atomic mass is 32.1. The van der Waals surface area contributed by atoms with Crippen molar-refractivity contribution in [1.82, 2.24) is 5.32 Å². The van der Waals surface area contributed by atoms with Crippen LogP contribution in [0.5, 0.6) is 0 Å². The highest BCUT2D eigenvalue weighted by Crippen LogP contribution is 2.28. The van der Waals surface area contributed by atoms with Gasteiger partial charge in [0.1, 0.15) is 0 Å². The number of thiocarbonyl (C=S) groups is 1. The van der Waals surface area contributed by atoms with Crippen LogP contribution >= 0.6 is 12.2 Å². The summed E-state index contributed by atoms with van der Waals surface area (Å²) in [5, 5.41) is 6.21. The number of nitrogens with zero attached hydrogens (tertiary/aromatic N) is 1. The number of benzene rings is 2. The van der Waals surface area contributed by atoms with Gasteiger partial charge in [0, 0.05) is 18.7 Å². The van der Waals surface area contributed by atoms with Crippen LogP contribution < -0.4 is 15.5 Å². The third-order valence-electron chi connectivity index (χ3n) is 4.14. The molecule has 0 unspecified atom stereocenters. The van der Waals surface area contributed by atoms with Crippen LogP contribution in [0.4, 0.5) is 11.4 Å². The number of carbonyl (C=O) groups excluding carboxylic acids is 1. The fraction of sp³-hybridized carbons (Fsp3) is 0.263. The molecule has 124 valence electrons. The zero-order chi connectivity index (χ0) is 16.9. The minimum absolute atomic E-state index is 0.203. The average molecular weight is 339 g/mol. The number of anilines is 2. The highest BCUT2D eigenvalue weighted by Gasteiger charge is 2.16. The van der Waals surface area contributed by atoms with Crippen LogP contribution in [0.3, 0.4) is 0 Å². The van der Waals surface area contributed by atoms with Gasteiger partial charge in [-0.25, -0.2) is 0 Å². The number of aryl methyl sites for hydroxylation is 1. The summed E-state index contributed by atoms with van der Waals surface area (Å²) in [5.74, 6) is -0.203. The van der Waals surface area contributed by atoms with E-state index in [4.69, 9.17) is 12.2 Å². The van der Waals surface area contributed by atoms with Gasteiger partial charge >= 0.3 is 0 Å². The third kappa shape index (κ3) is 3.92. The molecule has 0 saturated carbocycles. The van der Waals surface area contributed by atoms with Gasteiger partial charge in [0.2, 0.25) is 0 Å². The van der Waals surface area contributed by atoms with E-state index in [1.165, 1.54) is 12.8 Å². The molecule has 2 aromatic rings. The van der Waals surface area contributed by atoms with Crippen LogP contribution in [0, 0.1) is 6.92 Å². The van der Waals surface area contributed by atoms with Crippen molar-refractivity contribution in [1.29, 1.82) is 0 Å². The molecule has 0 radical (unpaired) electrons. The molecule has 24 heavy (non-hydrogen) atoms. The summed E-state index contributed by atoms with van der Waals surface area (Å²) >= 11 is 5.31. The van der Waals surface area contributed by atoms with E-state index in [0.29, 0.717) is 10.7 Å². The second kappa shape index (κ2) is 7.45. The third-order valence-corrected chi connectivity index (χ3v) is 4.34. The molecule has 0 spiro atoms. The van der Waals surface area contributed by atoms with Crippen molar-refractivity contribution in [3.63, 3.8) is 0 Å². The first kappa shape index (κ1) is 16.5. The number of para-hydroxylation sites is 2. The van der Waals surface area contributed by atoms with Crippen molar-refractivity contribution in [2.24, 2.45) is 0 Å². The number of nitrogens with one attached hydrogen (secondary N) is 2. The molecule has 0 bridgehead atoms. The molecule has 0 atom stereocenters. The zero-order valence-corrected chi connectivity index (χ0v) is 14.5. The largest absolute Gasteiger partial charge is 0.370 e. The van der Waals surface area contributed by atoms with E-state index in [2.05, 4.69) is 21.6 Å². The Morgan fingerprint density at radius 1 is 1.04 bits per heavy atom. The molecular formula is C19H21N3OS. The van der Waals surface area contributed by atoms with Gasteiger partial charge in [-0.3, -0.25) is 10.1 Å². The van der Waals surface area contributed by atoms with Crippen molar-refractivity contribution >= 4 is 34.6 Å². The van der Waals surface area contributed by atoms with E-state index < -0.39 is 0 Å². The number of amides is 1. The van der Waals surface area contributed by atoms with Crippen LogP contribution in [0.1, 0.15) is 28.8 Å². The van der Waals surface area contributed by atoms with Crippen molar-refractivity contribution < 1.29 is 4.79 Å². The van der Waals surface area contributed by atoms with Crippen LogP contribution in [0.15, 0.2) is 48.5 Å². The molecule has 0 aliphatic carbocycles. The lowest BCUT2D eigenvalue weighted by atomic mass is 10.1. The van der Waals surface area contributed by atoms with Crippen LogP contribution in [0.2, 0.25) is 0 Å². The van der Waals surface area contributed by atoms with Gasteiger partial charge in [-0.05, 0) is 56.2 Å². The lowest BCUT2D eigenvalue weighted by Gasteiger charge is -2.22. The lowest BCUT2D eigenvalue weighted by molar-refractivity contribution is 0.0977. The van der Waals surface area contributed by atoms with Crippen molar-refractivity contribution in [2.75, 3.05) is 23.3 Å². The fourth-order valence-electron chi connectivity index (χ4n) is 2.85. The van der Waals surface area contributed by atoms with Gasteiger partial charge in [0.15, 0.2) is 5.11 Å². The van der Waals surface area contributed by atoms with Crippen molar-refractivity contribution in [3.8, 4) is 0 Å². The zero-order valence-electron chi connectivity index (χ0n) is 13.7. The second-order valence-corrected chi connectivity index (χ2v) is 6.39. The Bertz CT molecular complexity index is 737. The standard InChI is InChI=1S/C19H21N3OS/c1-14-8-10-15(11-9-14)18(23)21-19(24)20-16-6-2-3-7-17(16)22-12-4-5-13-22/h2-3,6-11H,4-5,12-13H2,1H3,(H2,20,21,23,24). The predicted molar refractivity (Wildman–Crippen MR) is 103 cm³/mol. The maximum atomic E-state index is 12.2. The minimum Gasteiger partial charge on any atom is -0.370 e. The Morgan fingerprint density at radius 2 is 1.71 bits per heavy atom. The van der Waals surface area contributed by atoms with Crippen LogP contribution in [0.25, 0.3) is 0 Å². The fourth-order valence-corrected chi connectivity index (χ4v) is 3.05. The molecule has 2 aromatic carbocycles. The second-order valence-electron chi connectivity index (χ2n) is 5.99. The summed E-state index contributed by atoms with van der Waals surface area (Å²) in [6, 6.07) is 15.5. The number of hydrogen-bond donors (Lipinski definition) is 2. The van der Waals surface area contributed by atoms with E-state index in [1.807, 2.05) is 37.3 Å². The normalized spacial score (nSPS) is 13.6. The first-order chi connectivity index (χ1) is 11.6. The number of rotatable bonds is 3. The minimum atomic E-state index is -0.203. The van der Waals surface area contributed by atoms with E-state index >= 15 is 0 Å². The Morgan fingerprint density at radius 3 is 2.42 bits per heavy atom. The van der Waals surface area contributed by atoms with Crippen LogP contribution in [-0.2, 0) is 0 Å². The van der Waals surface area contributed by atoms with E-state index in [0.717, 1.165) is 30.0 Å². The predicted octanol–water partition coefficient (Wildman–Crippen LogP) is 3.72. The van der Waals surface area contributed by atoms with E-state index in [1.54, 1.807) is 12.1 Å². The van der Waals surface area contributed by atoms with Gasteiger partial charge in [-0.1, -0.05) is 29.8 Å². The first-order valence-electron chi connectivity index (χ1n) is 8.16. The average Bonchev–Trinajstić information content (AvgIpc) is 3.10. The number of hydrogen-bond acceptors (Lipinski definition) is 3. The SMILES string of the molecule is Cc1ccc(C(=O)NC(=S)Nc2ccccc2N2CCCC2)cc1. The summed E-state index contributed by atoms with van der Waals surface area (Å²) < 4.78 is 0. The number of carbonyl (C=O) groups is 1. The lowest BCUT2D eigenvalue weighted by Crippen LogP contribution is -2.34. The Labute approximate surface area is 147 Å². The van der Waals surface area contributed by atoms with Gasteiger partial charge < -0.3 is 10.2 Å². The summed E-state index contributed by atoms with van der Waals surface area (Å²) in [7, 11) is 0. The Balaban J connectivity index is 1.66. The summed E-state index contributed by atoms with van der Waals surface area (Å²) in [5.41, 5.74) is 3.76. The smallest absolute Gasteiger partial charge is 0.257 e. The molecule has 1 aliphatic heterocycles. The summed E-state index contributed by atoms with van der Waals surface area (Å²) in [6.45, 7) is 4.10. The molecular weight excluding hydrogens is 318 g/mol. The summed E-state index contributed by atoms with van der Waals surface area (Å²) in [4.78, 5) is 14.6. The van der Waals surface area contributed by atoms with Gasteiger partial charge in [-0.15, -0.1) is 0 Å². The molecule has 1 saturated heterocycles. The van der Waals surface area contributed by atoms with E-state index in [9.17, 15) is 4.79 Å². The van der Waals surface area contributed by atoms with Crippen molar-refractivity contribution in [3.05, 3.63) is 59.7 Å². The van der Waals surface area contributed by atoms with Crippen molar-refractivity contribution in [2.45, 2.75) is 19.8 Å². The molecule has 0 aromatic heterocycles. The molecule has 1 aliphatic rings. The molecule has 5 heteroatoms. The molecule has 1 fully saturated rings. The summed E-state index contributed by atoms with van der Waals surface area (Å²) in [6.07, 6.45) is 2.42. The van der Waals surface area contributed by atoms with E-state index in [-0.39, 0.29) is 5.91 Å². The monoisotopic (exact) mass is 339 g/mol. The Hall–Kier alpha value is -2.40. The van der Waals surface area contributed by atoms with Crippen LogP contribution in [-0.4, -0.2) is 24.1 Å². The van der Waals surface area contributed by atoms with Gasteiger partial charge in [-0.2, -0.15) is 0 Å². The van der Waals surface area contributed by atoms with Gasteiger partial charge in [0.25, 0.3) is 5.91 Å². The van der Waals surface area contributed by atoms with Gasteiger partial charge in [0.05, 0.1) is 11.4 Å². The molecule has 2 N–H and O–H groups in total. The topological polar surface area (TPSA) is 44.4 Å². The molecule has 3 rings (SSSR count). The maximum Gasteiger partial charge on any atom is 0.257 e. The quantitative estimate of drug-likeness (QED) is 0.837. The first-order valence-corrected chi connectivity index (χ1v) is 8.57. The molecule has 4 nitrogen and oxygen atoms in total. The molecule has 1 amide bonds. The maximum absolute atomic E-state index is 12.2.